The number of rotatable bonds is 5. The number of carbonyl (C=O) groups excluding carboxylic acids is 1. The van der Waals surface area contributed by atoms with Crippen molar-refractivity contribution in [1.29, 1.82) is 0 Å². The SMILES string of the molecule is COC(=O)c1ccccc1Nc1cc(Nc2c(F)cccc2F)nc(C)n1. The second kappa shape index (κ2) is 7.77. The Morgan fingerprint density at radius 1 is 0.963 bits per heavy atom. The number of aromatic nitrogens is 2. The number of nitrogens with one attached hydrogen (secondary N) is 2. The lowest BCUT2D eigenvalue weighted by molar-refractivity contribution is 0.0602. The first-order valence-corrected chi connectivity index (χ1v) is 7.99. The Balaban J connectivity index is 1.92. The van der Waals surface area contributed by atoms with Crippen molar-refractivity contribution >= 4 is 29.0 Å². The van der Waals surface area contributed by atoms with E-state index in [0.29, 0.717) is 22.9 Å². The molecule has 1 heterocycles. The number of methoxy groups -OCH3 is 1. The van der Waals surface area contributed by atoms with E-state index in [0.717, 1.165) is 12.1 Å². The molecule has 0 saturated heterocycles. The van der Waals surface area contributed by atoms with Gasteiger partial charge in [0.05, 0.1) is 18.4 Å². The number of hydrogen-bond acceptors (Lipinski definition) is 6. The van der Waals surface area contributed by atoms with Crippen LogP contribution < -0.4 is 10.6 Å². The lowest BCUT2D eigenvalue weighted by Crippen LogP contribution is -2.07. The number of ether oxygens (including phenoxy) is 1. The van der Waals surface area contributed by atoms with Gasteiger partial charge in [-0.15, -0.1) is 0 Å². The standard InChI is InChI=1S/C19H16F2N4O2/c1-11-22-16(24-15-9-4-3-6-12(15)19(26)27-2)10-17(23-11)25-18-13(20)7-5-8-14(18)21/h3-10H,1-2H3,(H2,22,23,24,25). The third-order valence-corrected chi connectivity index (χ3v) is 3.65. The Bertz CT molecular complexity index is 975. The first-order chi connectivity index (χ1) is 13.0. The molecule has 0 bridgehead atoms. The van der Waals surface area contributed by atoms with Crippen LogP contribution in [0.25, 0.3) is 0 Å². The average molecular weight is 370 g/mol. The Hall–Kier alpha value is -3.55. The Morgan fingerprint density at radius 3 is 2.26 bits per heavy atom. The molecule has 0 aliphatic heterocycles. The molecular formula is C19H16F2N4O2. The van der Waals surface area contributed by atoms with Crippen molar-refractivity contribution in [2.75, 3.05) is 17.7 Å². The fourth-order valence-electron chi connectivity index (χ4n) is 2.46. The highest BCUT2D eigenvalue weighted by molar-refractivity contribution is 5.96. The monoisotopic (exact) mass is 370 g/mol. The van der Waals surface area contributed by atoms with Crippen LogP contribution in [0.4, 0.5) is 31.8 Å². The Kier molecular flexibility index (Phi) is 5.25. The van der Waals surface area contributed by atoms with E-state index < -0.39 is 17.6 Å². The van der Waals surface area contributed by atoms with Gasteiger partial charge in [-0.25, -0.2) is 23.5 Å². The van der Waals surface area contributed by atoms with Crippen LogP contribution in [0.1, 0.15) is 16.2 Å². The van der Waals surface area contributed by atoms with Crippen LogP contribution >= 0.6 is 0 Å². The van der Waals surface area contributed by atoms with E-state index in [-0.39, 0.29) is 11.5 Å². The molecule has 0 atom stereocenters. The van der Waals surface area contributed by atoms with Gasteiger partial charge in [0.25, 0.3) is 0 Å². The van der Waals surface area contributed by atoms with Crippen molar-refractivity contribution in [1.82, 2.24) is 9.97 Å². The fraction of sp³-hybridized carbons (Fsp3) is 0.105. The van der Waals surface area contributed by atoms with E-state index in [2.05, 4.69) is 20.6 Å². The summed E-state index contributed by atoms with van der Waals surface area (Å²) in [5.74, 6) is -1.07. The lowest BCUT2D eigenvalue weighted by atomic mass is 10.2. The van der Waals surface area contributed by atoms with Crippen LogP contribution in [0, 0.1) is 18.6 Å². The summed E-state index contributed by atoms with van der Waals surface area (Å²) in [6, 6.07) is 11.8. The molecule has 0 aliphatic rings. The molecule has 0 radical (unpaired) electrons. The molecule has 0 spiro atoms. The maximum Gasteiger partial charge on any atom is 0.339 e. The van der Waals surface area contributed by atoms with Gasteiger partial charge in [-0.3, -0.25) is 0 Å². The van der Waals surface area contributed by atoms with Crippen molar-refractivity contribution in [3.8, 4) is 0 Å². The number of benzene rings is 2. The highest BCUT2D eigenvalue weighted by Crippen LogP contribution is 2.25. The molecular weight excluding hydrogens is 354 g/mol. The zero-order chi connectivity index (χ0) is 19.4. The Morgan fingerprint density at radius 2 is 1.59 bits per heavy atom. The van der Waals surface area contributed by atoms with Crippen molar-refractivity contribution in [2.45, 2.75) is 6.92 Å². The van der Waals surface area contributed by atoms with E-state index in [4.69, 9.17) is 4.74 Å². The summed E-state index contributed by atoms with van der Waals surface area (Å²) < 4.78 is 32.5. The van der Waals surface area contributed by atoms with E-state index in [9.17, 15) is 13.6 Å². The molecule has 0 saturated carbocycles. The molecule has 2 N–H and O–H groups in total. The van der Waals surface area contributed by atoms with E-state index >= 15 is 0 Å². The quantitative estimate of drug-likeness (QED) is 0.651. The number of hydrogen-bond donors (Lipinski definition) is 2. The molecule has 8 heteroatoms. The highest BCUT2D eigenvalue weighted by Gasteiger charge is 2.14. The van der Waals surface area contributed by atoms with Gasteiger partial charge < -0.3 is 15.4 Å². The molecule has 0 amide bonds. The van der Waals surface area contributed by atoms with Gasteiger partial charge >= 0.3 is 5.97 Å². The van der Waals surface area contributed by atoms with E-state index in [1.165, 1.54) is 19.2 Å². The molecule has 3 aromatic rings. The number of aryl methyl sites for hydroxylation is 1. The molecule has 138 valence electrons. The van der Waals surface area contributed by atoms with Crippen LogP contribution in [-0.4, -0.2) is 23.0 Å². The summed E-state index contributed by atoms with van der Waals surface area (Å²) in [6.07, 6.45) is 0. The first-order valence-electron chi connectivity index (χ1n) is 7.99. The summed E-state index contributed by atoms with van der Waals surface area (Å²) in [5, 5.41) is 5.63. The minimum Gasteiger partial charge on any atom is -0.465 e. The van der Waals surface area contributed by atoms with E-state index in [1.807, 2.05) is 0 Å². The number of esters is 1. The second-order valence-corrected chi connectivity index (χ2v) is 5.57. The second-order valence-electron chi connectivity index (χ2n) is 5.57. The predicted octanol–water partition coefficient (Wildman–Crippen LogP) is 4.34. The van der Waals surface area contributed by atoms with Crippen molar-refractivity contribution in [2.24, 2.45) is 0 Å². The number of para-hydroxylation sites is 2. The van der Waals surface area contributed by atoms with Gasteiger partial charge in [0.1, 0.15) is 34.8 Å². The largest absolute Gasteiger partial charge is 0.465 e. The molecule has 27 heavy (non-hydrogen) atoms. The molecule has 3 rings (SSSR count). The molecule has 2 aromatic carbocycles. The van der Waals surface area contributed by atoms with Crippen LogP contribution in [0.2, 0.25) is 0 Å². The Labute approximate surface area is 154 Å². The molecule has 1 aromatic heterocycles. The topological polar surface area (TPSA) is 76.1 Å². The van der Waals surface area contributed by atoms with Gasteiger partial charge in [-0.05, 0) is 31.2 Å². The zero-order valence-corrected chi connectivity index (χ0v) is 14.6. The first kappa shape index (κ1) is 18.2. The minimum absolute atomic E-state index is 0.199. The normalized spacial score (nSPS) is 10.4. The van der Waals surface area contributed by atoms with Crippen molar-refractivity contribution < 1.29 is 18.3 Å². The number of halogens is 2. The summed E-state index contributed by atoms with van der Waals surface area (Å²) in [7, 11) is 1.29. The van der Waals surface area contributed by atoms with Gasteiger partial charge in [0, 0.05) is 6.07 Å². The molecule has 6 nitrogen and oxygen atoms in total. The van der Waals surface area contributed by atoms with Gasteiger partial charge in [-0.2, -0.15) is 0 Å². The molecule has 0 unspecified atom stereocenters. The van der Waals surface area contributed by atoms with Crippen LogP contribution in [0.3, 0.4) is 0 Å². The van der Waals surface area contributed by atoms with Crippen molar-refractivity contribution in [3.05, 3.63) is 71.6 Å². The third kappa shape index (κ3) is 4.17. The number of nitrogens with zero attached hydrogens (tertiary/aromatic N) is 2. The summed E-state index contributed by atoms with van der Waals surface area (Å²) >= 11 is 0. The maximum atomic E-state index is 13.9. The number of carbonyl (C=O) groups is 1. The van der Waals surface area contributed by atoms with E-state index in [1.54, 1.807) is 31.2 Å². The van der Waals surface area contributed by atoms with Crippen molar-refractivity contribution in [3.63, 3.8) is 0 Å². The minimum atomic E-state index is -0.739. The van der Waals surface area contributed by atoms with Gasteiger partial charge in [-0.1, -0.05) is 18.2 Å². The average Bonchev–Trinajstić information content (AvgIpc) is 2.64. The zero-order valence-electron chi connectivity index (χ0n) is 14.6. The number of anilines is 4. The predicted molar refractivity (Wildman–Crippen MR) is 97.5 cm³/mol. The third-order valence-electron chi connectivity index (χ3n) is 3.65. The summed E-state index contributed by atoms with van der Waals surface area (Å²) in [6.45, 7) is 1.64. The molecule has 0 aliphatic carbocycles. The highest BCUT2D eigenvalue weighted by atomic mass is 19.1. The summed E-state index contributed by atoms with van der Waals surface area (Å²) in [5.41, 5.74) is 0.493. The van der Waals surface area contributed by atoms with Gasteiger partial charge in [0.15, 0.2) is 0 Å². The smallest absolute Gasteiger partial charge is 0.339 e. The summed E-state index contributed by atoms with van der Waals surface area (Å²) in [4.78, 5) is 20.3. The van der Waals surface area contributed by atoms with Crippen LogP contribution in [-0.2, 0) is 4.74 Å². The van der Waals surface area contributed by atoms with Crippen LogP contribution in [0.15, 0.2) is 48.5 Å². The van der Waals surface area contributed by atoms with Crippen LogP contribution in [0.5, 0.6) is 0 Å². The van der Waals surface area contributed by atoms with Gasteiger partial charge in [0.2, 0.25) is 0 Å². The maximum absolute atomic E-state index is 13.9. The fourth-order valence-corrected chi connectivity index (χ4v) is 2.46. The lowest BCUT2D eigenvalue weighted by Gasteiger charge is -2.13. The molecule has 0 fully saturated rings.